The van der Waals surface area contributed by atoms with Gasteiger partial charge >= 0.3 is 0 Å². The first-order valence-electron chi connectivity index (χ1n) is 9.04. The molecular weight excluding hydrogens is 332 g/mol. The topological polar surface area (TPSA) is 26.5 Å². The van der Waals surface area contributed by atoms with Crippen LogP contribution in [0.1, 0.15) is 36.8 Å². The summed E-state index contributed by atoms with van der Waals surface area (Å²) in [6.45, 7) is 3.52. The highest BCUT2D eigenvalue weighted by molar-refractivity contribution is 6.30. The molecule has 0 unspecified atom stereocenters. The van der Waals surface area contributed by atoms with Crippen molar-refractivity contribution in [1.82, 2.24) is 0 Å². The van der Waals surface area contributed by atoms with Crippen LogP contribution in [0.15, 0.2) is 48.5 Å². The fourth-order valence-electron chi connectivity index (χ4n) is 4.00. The van der Waals surface area contributed by atoms with Gasteiger partial charge in [0.15, 0.2) is 6.54 Å². The number of aliphatic hydroxyl groups is 1. The second kappa shape index (κ2) is 6.47. The van der Waals surface area contributed by atoms with E-state index in [0.29, 0.717) is 6.54 Å². The predicted octanol–water partition coefficient (Wildman–Crippen LogP) is 4.30. The van der Waals surface area contributed by atoms with Crippen molar-refractivity contribution >= 4 is 23.1 Å². The Kier molecular flexibility index (Phi) is 4.30. The molecule has 4 rings (SSSR count). The number of anilines is 1. The molecule has 1 N–H and O–H groups in total. The third-order valence-corrected chi connectivity index (χ3v) is 5.63. The van der Waals surface area contributed by atoms with E-state index in [1.807, 2.05) is 24.3 Å². The van der Waals surface area contributed by atoms with E-state index in [-0.39, 0.29) is 0 Å². The van der Waals surface area contributed by atoms with Gasteiger partial charge in [0.1, 0.15) is 5.69 Å². The molecule has 0 saturated carbocycles. The number of amidine groups is 1. The van der Waals surface area contributed by atoms with Crippen molar-refractivity contribution in [1.29, 1.82) is 0 Å². The number of hydrogen-bond donors (Lipinski definition) is 1. The molecule has 0 aromatic heterocycles. The van der Waals surface area contributed by atoms with Gasteiger partial charge in [0, 0.05) is 17.0 Å². The molecule has 25 heavy (non-hydrogen) atoms. The molecule has 2 aliphatic rings. The standard InChI is InChI=1S/C21H24ClN2O/c1-16-6-8-17(9-7-16)21(25)15-23(19-12-10-18(22)11-13-19)20-5-3-2-4-14-24(20)21/h6-13,25H,2-5,14-15H2,1H3/q+1/t21-/m1/s1. The first-order chi connectivity index (χ1) is 12.1. The second-order valence-corrected chi connectivity index (χ2v) is 7.56. The van der Waals surface area contributed by atoms with Gasteiger partial charge in [0.2, 0.25) is 0 Å². The quantitative estimate of drug-likeness (QED) is 0.813. The van der Waals surface area contributed by atoms with E-state index in [9.17, 15) is 5.11 Å². The Morgan fingerprint density at radius 1 is 1.00 bits per heavy atom. The van der Waals surface area contributed by atoms with Crippen molar-refractivity contribution in [2.45, 2.75) is 38.3 Å². The molecular formula is C21H24ClN2O+. The van der Waals surface area contributed by atoms with Crippen LogP contribution in [0.25, 0.3) is 0 Å². The monoisotopic (exact) mass is 355 g/mol. The highest BCUT2D eigenvalue weighted by Gasteiger charge is 2.51. The molecule has 130 valence electrons. The Labute approximate surface area is 154 Å². The highest BCUT2D eigenvalue weighted by Crippen LogP contribution is 2.35. The zero-order chi connectivity index (χ0) is 17.4. The van der Waals surface area contributed by atoms with Crippen molar-refractivity contribution in [3.8, 4) is 0 Å². The first-order valence-corrected chi connectivity index (χ1v) is 9.42. The van der Waals surface area contributed by atoms with Gasteiger partial charge < -0.3 is 5.11 Å². The van der Waals surface area contributed by atoms with Gasteiger partial charge in [-0.05, 0) is 50.5 Å². The van der Waals surface area contributed by atoms with Gasteiger partial charge in [-0.3, -0.25) is 0 Å². The lowest BCUT2D eigenvalue weighted by atomic mass is 10.0. The Bertz CT molecular complexity index is 798. The molecule has 0 spiro atoms. The van der Waals surface area contributed by atoms with Gasteiger partial charge in [0.25, 0.3) is 11.6 Å². The molecule has 4 heteroatoms. The van der Waals surface area contributed by atoms with Crippen LogP contribution < -0.4 is 4.90 Å². The molecule has 2 aliphatic heterocycles. The first kappa shape index (κ1) is 16.6. The van der Waals surface area contributed by atoms with Crippen LogP contribution in [0.3, 0.4) is 0 Å². The minimum Gasteiger partial charge on any atom is -0.346 e. The summed E-state index contributed by atoms with van der Waals surface area (Å²) < 4.78 is 2.22. The number of rotatable bonds is 2. The molecule has 0 amide bonds. The van der Waals surface area contributed by atoms with Crippen LogP contribution in [-0.2, 0) is 5.72 Å². The second-order valence-electron chi connectivity index (χ2n) is 7.12. The largest absolute Gasteiger partial charge is 0.346 e. The molecule has 0 saturated heterocycles. The molecule has 3 nitrogen and oxygen atoms in total. The van der Waals surface area contributed by atoms with Gasteiger partial charge in [-0.2, -0.15) is 0 Å². The summed E-state index contributed by atoms with van der Waals surface area (Å²) >= 11 is 6.06. The van der Waals surface area contributed by atoms with E-state index in [1.165, 1.54) is 24.2 Å². The number of halogens is 1. The lowest BCUT2D eigenvalue weighted by molar-refractivity contribution is -0.658. The van der Waals surface area contributed by atoms with Crippen LogP contribution in [0.2, 0.25) is 5.02 Å². The van der Waals surface area contributed by atoms with Crippen LogP contribution >= 0.6 is 11.6 Å². The minimum absolute atomic E-state index is 0.549. The van der Waals surface area contributed by atoms with Gasteiger partial charge in [0.05, 0.1) is 6.54 Å². The van der Waals surface area contributed by atoms with E-state index in [0.717, 1.165) is 35.7 Å². The zero-order valence-electron chi connectivity index (χ0n) is 14.6. The van der Waals surface area contributed by atoms with Gasteiger partial charge in [-0.15, -0.1) is 0 Å². The normalized spacial score (nSPS) is 23.6. The smallest absolute Gasteiger partial charge is 0.271 e. The van der Waals surface area contributed by atoms with E-state index < -0.39 is 5.72 Å². The summed E-state index contributed by atoms with van der Waals surface area (Å²) in [5, 5.41) is 12.4. The molecule has 0 radical (unpaired) electrons. The van der Waals surface area contributed by atoms with Crippen LogP contribution in [0, 0.1) is 6.92 Å². The minimum atomic E-state index is -0.979. The lowest BCUT2D eigenvalue weighted by Gasteiger charge is -2.23. The van der Waals surface area contributed by atoms with Crippen molar-refractivity contribution < 1.29 is 9.68 Å². The van der Waals surface area contributed by atoms with Crippen molar-refractivity contribution in [2.24, 2.45) is 0 Å². The number of nitrogens with zero attached hydrogens (tertiary/aromatic N) is 2. The Morgan fingerprint density at radius 3 is 2.44 bits per heavy atom. The number of benzene rings is 2. The number of aryl methyl sites for hydroxylation is 1. The molecule has 0 fully saturated rings. The lowest BCUT2D eigenvalue weighted by Crippen LogP contribution is -2.41. The summed E-state index contributed by atoms with van der Waals surface area (Å²) in [6, 6.07) is 16.2. The third-order valence-electron chi connectivity index (χ3n) is 5.38. The van der Waals surface area contributed by atoms with Crippen LogP contribution in [-0.4, -0.2) is 28.6 Å². The van der Waals surface area contributed by atoms with Crippen LogP contribution in [0.4, 0.5) is 5.69 Å². The van der Waals surface area contributed by atoms with E-state index >= 15 is 0 Å². The Balaban J connectivity index is 1.79. The van der Waals surface area contributed by atoms with Crippen LogP contribution in [0.5, 0.6) is 0 Å². The Morgan fingerprint density at radius 2 is 1.72 bits per heavy atom. The summed E-state index contributed by atoms with van der Waals surface area (Å²) in [4.78, 5) is 2.27. The maximum Gasteiger partial charge on any atom is 0.271 e. The fraction of sp³-hybridized carbons (Fsp3) is 0.381. The fourth-order valence-corrected chi connectivity index (χ4v) is 4.12. The zero-order valence-corrected chi connectivity index (χ0v) is 15.3. The molecule has 0 aliphatic carbocycles. The average Bonchev–Trinajstić information content (AvgIpc) is 2.78. The maximum atomic E-state index is 11.7. The Hall–Kier alpha value is -1.84. The predicted molar refractivity (Wildman–Crippen MR) is 102 cm³/mol. The average molecular weight is 356 g/mol. The summed E-state index contributed by atoms with van der Waals surface area (Å²) in [7, 11) is 0. The highest BCUT2D eigenvalue weighted by atomic mass is 35.5. The number of hydrogen-bond acceptors (Lipinski definition) is 2. The molecule has 2 heterocycles. The molecule has 1 atom stereocenters. The number of β-amino-alcohol motifs (C(OH)–C–C–N with tert-alkyl or cyclic N) is 1. The molecule has 0 bridgehead atoms. The van der Waals surface area contributed by atoms with Crippen molar-refractivity contribution in [3.05, 3.63) is 64.7 Å². The van der Waals surface area contributed by atoms with E-state index in [2.05, 4.69) is 40.7 Å². The maximum absolute atomic E-state index is 11.7. The van der Waals surface area contributed by atoms with Crippen molar-refractivity contribution in [2.75, 3.05) is 18.0 Å². The van der Waals surface area contributed by atoms with E-state index in [4.69, 9.17) is 11.6 Å². The summed E-state index contributed by atoms with van der Waals surface area (Å²) in [5.41, 5.74) is 2.29. The van der Waals surface area contributed by atoms with Crippen molar-refractivity contribution in [3.63, 3.8) is 0 Å². The summed E-state index contributed by atoms with van der Waals surface area (Å²) in [6.07, 6.45) is 4.49. The molecule has 2 aromatic carbocycles. The van der Waals surface area contributed by atoms with Gasteiger partial charge in [-0.1, -0.05) is 41.4 Å². The van der Waals surface area contributed by atoms with Gasteiger partial charge in [-0.25, -0.2) is 9.48 Å². The van der Waals surface area contributed by atoms with E-state index in [1.54, 1.807) is 0 Å². The summed E-state index contributed by atoms with van der Waals surface area (Å²) in [5.74, 6) is 1.22. The third kappa shape index (κ3) is 2.96. The SMILES string of the molecule is Cc1ccc([C@]2(O)CN(c3ccc(Cl)cc3)C3=[N+]2CCCCC3)cc1. The molecule has 2 aromatic rings.